The standard InChI is InChI=1S/C20H27NO4S/c1-2-3-4-5-6-7-8-16-9-11-17(12-10-16)25-18-13-14-19(21)20(15-18)26(22,23)24/h9-15H,2-8,21H2,1H3,(H,22,23,24). The summed E-state index contributed by atoms with van der Waals surface area (Å²) in [5.74, 6) is 0.901. The summed E-state index contributed by atoms with van der Waals surface area (Å²) >= 11 is 0. The molecule has 142 valence electrons. The third-order valence-electron chi connectivity index (χ3n) is 4.24. The molecule has 0 unspecified atom stereocenters. The third kappa shape index (κ3) is 6.35. The van der Waals surface area contributed by atoms with Gasteiger partial charge >= 0.3 is 0 Å². The molecule has 0 aliphatic rings. The highest BCUT2D eigenvalue weighted by molar-refractivity contribution is 7.86. The molecule has 5 nitrogen and oxygen atoms in total. The molecule has 3 N–H and O–H groups in total. The van der Waals surface area contributed by atoms with E-state index in [1.54, 1.807) is 6.07 Å². The summed E-state index contributed by atoms with van der Waals surface area (Å²) in [7, 11) is -4.38. The summed E-state index contributed by atoms with van der Waals surface area (Å²) in [6, 6.07) is 11.9. The van der Waals surface area contributed by atoms with Crippen LogP contribution in [0.1, 0.15) is 51.0 Å². The van der Waals surface area contributed by atoms with Crippen LogP contribution in [0, 0.1) is 0 Å². The lowest BCUT2D eigenvalue weighted by molar-refractivity contribution is 0.472. The van der Waals surface area contributed by atoms with Crippen molar-refractivity contribution in [2.45, 2.75) is 56.8 Å². The number of nitrogens with two attached hydrogens (primary N) is 1. The average Bonchev–Trinajstić information content (AvgIpc) is 2.60. The van der Waals surface area contributed by atoms with Gasteiger partial charge in [0.05, 0.1) is 5.69 Å². The maximum Gasteiger partial charge on any atom is 0.296 e. The van der Waals surface area contributed by atoms with Gasteiger partial charge in [-0.15, -0.1) is 0 Å². The Morgan fingerprint density at radius 1 is 0.923 bits per heavy atom. The van der Waals surface area contributed by atoms with E-state index in [4.69, 9.17) is 10.5 Å². The molecule has 0 aliphatic carbocycles. The Morgan fingerprint density at radius 2 is 1.54 bits per heavy atom. The highest BCUT2D eigenvalue weighted by Gasteiger charge is 2.15. The molecule has 0 heterocycles. The number of aryl methyl sites for hydroxylation is 1. The van der Waals surface area contributed by atoms with Gasteiger partial charge in [-0.25, -0.2) is 0 Å². The van der Waals surface area contributed by atoms with E-state index in [9.17, 15) is 13.0 Å². The van der Waals surface area contributed by atoms with Crippen molar-refractivity contribution in [1.29, 1.82) is 0 Å². The van der Waals surface area contributed by atoms with Crippen LogP contribution >= 0.6 is 0 Å². The van der Waals surface area contributed by atoms with Crippen molar-refractivity contribution in [1.82, 2.24) is 0 Å². The van der Waals surface area contributed by atoms with Gasteiger partial charge in [0, 0.05) is 6.07 Å². The van der Waals surface area contributed by atoms with E-state index in [1.165, 1.54) is 56.2 Å². The molecule has 0 saturated heterocycles. The Labute approximate surface area is 155 Å². The second-order valence-corrected chi connectivity index (χ2v) is 7.83. The average molecular weight is 378 g/mol. The minimum Gasteiger partial charge on any atom is -0.457 e. The molecular weight excluding hydrogens is 350 g/mol. The fourth-order valence-corrected chi connectivity index (χ4v) is 3.40. The molecule has 0 aliphatic heterocycles. The van der Waals surface area contributed by atoms with Crippen molar-refractivity contribution in [3.63, 3.8) is 0 Å². The molecule has 0 amide bonds. The van der Waals surface area contributed by atoms with Crippen LogP contribution in [0.3, 0.4) is 0 Å². The Balaban J connectivity index is 1.91. The number of hydrogen-bond donors (Lipinski definition) is 2. The molecule has 0 radical (unpaired) electrons. The summed E-state index contributed by atoms with van der Waals surface area (Å²) < 4.78 is 37.5. The molecule has 6 heteroatoms. The quantitative estimate of drug-likeness (QED) is 0.337. The van der Waals surface area contributed by atoms with Crippen molar-refractivity contribution in [2.24, 2.45) is 0 Å². The first-order valence-corrected chi connectivity index (χ1v) is 10.5. The van der Waals surface area contributed by atoms with E-state index in [0.717, 1.165) is 6.42 Å². The fourth-order valence-electron chi connectivity index (χ4n) is 2.77. The molecule has 0 spiro atoms. The predicted molar refractivity (Wildman–Crippen MR) is 104 cm³/mol. The molecule has 0 aromatic heterocycles. The van der Waals surface area contributed by atoms with E-state index in [2.05, 4.69) is 6.92 Å². The maximum atomic E-state index is 11.3. The first kappa shape index (κ1) is 20.3. The van der Waals surface area contributed by atoms with Crippen LogP contribution in [-0.4, -0.2) is 13.0 Å². The van der Waals surface area contributed by atoms with Gasteiger partial charge < -0.3 is 10.5 Å². The molecule has 0 saturated carbocycles. The molecular formula is C20H27NO4S. The van der Waals surface area contributed by atoms with Gasteiger partial charge in [0.15, 0.2) is 0 Å². The Hall–Kier alpha value is -2.05. The summed E-state index contributed by atoms with van der Waals surface area (Å²) in [5.41, 5.74) is 6.81. The largest absolute Gasteiger partial charge is 0.457 e. The number of benzene rings is 2. The second-order valence-electron chi connectivity index (χ2n) is 6.44. The molecule has 0 bridgehead atoms. The van der Waals surface area contributed by atoms with Gasteiger partial charge in [-0.2, -0.15) is 8.42 Å². The summed E-state index contributed by atoms with van der Waals surface area (Å²) in [4.78, 5) is -0.352. The van der Waals surface area contributed by atoms with Crippen LogP contribution in [0.15, 0.2) is 47.4 Å². The number of nitrogen functional groups attached to an aromatic ring is 1. The van der Waals surface area contributed by atoms with Gasteiger partial charge in [-0.3, -0.25) is 4.55 Å². The smallest absolute Gasteiger partial charge is 0.296 e. The van der Waals surface area contributed by atoms with E-state index < -0.39 is 10.1 Å². The van der Waals surface area contributed by atoms with Crippen LogP contribution < -0.4 is 10.5 Å². The van der Waals surface area contributed by atoms with Crippen LogP contribution in [-0.2, 0) is 16.5 Å². The zero-order valence-corrected chi connectivity index (χ0v) is 16.0. The van der Waals surface area contributed by atoms with Crippen molar-refractivity contribution >= 4 is 15.8 Å². The Kier molecular flexibility index (Phi) is 7.48. The molecule has 26 heavy (non-hydrogen) atoms. The lowest BCUT2D eigenvalue weighted by atomic mass is 10.0. The fraction of sp³-hybridized carbons (Fsp3) is 0.400. The van der Waals surface area contributed by atoms with Gasteiger partial charge in [0.25, 0.3) is 10.1 Å². The molecule has 0 atom stereocenters. The summed E-state index contributed by atoms with van der Waals surface area (Å²) in [6.45, 7) is 2.22. The number of anilines is 1. The monoisotopic (exact) mass is 377 g/mol. The molecule has 2 aromatic rings. The Morgan fingerprint density at radius 3 is 2.19 bits per heavy atom. The first-order chi connectivity index (χ1) is 12.4. The summed E-state index contributed by atoms with van der Waals surface area (Å²) in [5, 5.41) is 0. The van der Waals surface area contributed by atoms with Crippen LogP contribution in [0.25, 0.3) is 0 Å². The highest BCUT2D eigenvalue weighted by atomic mass is 32.2. The number of unbranched alkanes of at least 4 members (excludes halogenated alkanes) is 5. The van der Waals surface area contributed by atoms with Crippen molar-refractivity contribution in [3.05, 3.63) is 48.0 Å². The van der Waals surface area contributed by atoms with Gasteiger partial charge in [-0.05, 0) is 42.7 Å². The first-order valence-electron chi connectivity index (χ1n) is 9.04. The maximum absolute atomic E-state index is 11.3. The minimum atomic E-state index is -4.38. The summed E-state index contributed by atoms with van der Waals surface area (Å²) in [6.07, 6.45) is 8.67. The molecule has 0 fully saturated rings. The topological polar surface area (TPSA) is 89.6 Å². The van der Waals surface area contributed by atoms with Gasteiger partial charge in [0.1, 0.15) is 16.4 Å². The minimum absolute atomic E-state index is 0.0193. The molecule has 2 aromatic carbocycles. The van der Waals surface area contributed by atoms with Crippen molar-refractivity contribution in [3.8, 4) is 11.5 Å². The van der Waals surface area contributed by atoms with E-state index in [-0.39, 0.29) is 10.6 Å². The lowest BCUT2D eigenvalue weighted by Crippen LogP contribution is -2.03. The van der Waals surface area contributed by atoms with E-state index in [0.29, 0.717) is 11.5 Å². The second kappa shape index (κ2) is 9.59. The predicted octanol–water partition coefficient (Wildman–Crippen LogP) is 5.21. The van der Waals surface area contributed by atoms with Crippen LogP contribution in [0.2, 0.25) is 0 Å². The van der Waals surface area contributed by atoms with Crippen molar-refractivity contribution in [2.75, 3.05) is 5.73 Å². The SMILES string of the molecule is CCCCCCCCc1ccc(Oc2ccc(N)c(S(=O)(=O)O)c2)cc1. The number of ether oxygens (including phenoxy) is 1. The van der Waals surface area contributed by atoms with Gasteiger partial charge in [-0.1, -0.05) is 51.2 Å². The lowest BCUT2D eigenvalue weighted by Gasteiger charge is -2.09. The Bertz CT molecular complexity index is 801. The normalized spacial score (nSPS) is 11.5. The highest BCUT2D eigenvalue weighted by Crippen LogP contribution is 2.28. The third-order valence-corrected chi connectivity index (χ3v) is 5.15. The van der Waals surface area contributed by atoms with Crippen molar-refractivity contribution < 1.29 is 17.7 Å². The van der Waals surface area contributed by atoms with E-state index in [1.807, 2.05) is 24.3 Å². The number of hydrogen-bond acceptors (Lipinski definition) is 4. The van der Waals surface area contributed by atoms with Crippen LogP contribution in [0.4, 0.5) is 5.69 Å². The van der Waals surface area contributed by atoms with Crippen LogP contribution in [0.5, 0.6) is 11.5 Å². The molecule has 2 rings (SSSR count). The number of rotatable bonds is 10. The van der Waals surface area contributed by atoms with Gasteiger partial charge in [0.2, 0.25) is 0 Å². The zero-order chi connectivity index (χ0) is 19.0. The zero-order valence-electron chi connectivity index (χ0n) is 15.1. The van der Waals surface area contributed by atoms with E-state index >= 15 is 0 Å².